The lowest BCUT2D eigenvalue weighted by molar-refractivity contribution is -0.136. The van der Waals surface area contributed by atoms with Gasteiger partial charge in [-0.2, -0.15) is 0 Å². The molecule has 1 heterocycles. The number of carbonyl (C=O) groups is 1. The summed E-state index contributed by atoms with van der Waals surface area (Å²) in [5, 5.41) is 0. The zero-order chi connectivity index (χ0) is 20.0. The molecule has 0 radical (unpaired) electrons. The van der Waals surface area contributed by atoms with Crippen molar-refractivity contribution in [1.82, 2.24) is 4.90 Å². The van der Waals surface area contributed by atoms with E-state index >= 15 is 0 Å². The summed E-state index contributed by atoms with van der Waals surface area (Å²) in [6.45, 7) is 8.53. The first kappa shape index (κ1) is 20.1. The summed E-state index contributed by atoms with van der Waals surface area (Å²) in [4.78, 5) is 15.1. The second-order valence-electron chi connectivity index (χ2n) is 8.72. The zero-order valence-electron chi connectivity index (χ0n) is 16.4. The molecule has 148 valence electrons. The molecule has 1 aliphatic heterocycles. The lowest BCUT2D eigenvalue weighted by Gasteiger charge is -2.29. The van der Waals surface area contributed by atoms with Crippen molar-refractivity contribution in [3.8, 4) is 0 Å². The van der Waals surface area contributed by atoms with Gasteiger partial charge < -0.3 is 4.90 Å². The van der Waals surface area contributed by atoms with Gasteiger partial charge in [0.25, 0.3) is 0 Å². The Labute approximate surface area is 161 Å². The fraction of sp³-hybridized carbons (Fsp3) is 0.571. The minimum absolute atomic E-state index is 0.00826. The fourth-order valence-corrected chi connectivity index (χ4v) is 5.92. The molecule has 1 aliphatic carbocycles. The van der Waals surface area contributed by atoms with E-state index in [1.54, 1.807) is 17.0 Å². The standard InChI is InChI=1S/C21H28FNO3S/c1-14(2)11-18-19(21(18,3)4)20(24)23(17-9-10-27(25,26)13-17)12-15-5-7-16(22)8-6-15/h5-8,11,17-19H,9-10,12-13H2,1-4H3/t17-,18+,19+/m1/s1. The number of rotatable bonds is 5. The Morgan fingerprint density at radius 2 is 1.89 bits per heavy atom. The summed E-state index contributed by atoms with van der Waals surface area (Å²) in [7, 11) is -3.11. The Balaban J connectivity index is 1.86. The molecule has 27 heavy (non-hydrogen) atoms. The van der Waals surface area contributed by atoms with Crippen LogP contribution in [0.3, 0.4) is 0 Å². The number of hydrogen-bond donors (Lipinski definition) is 0. The third-order valence-corrected chi connectivity index (χ3v) is 7.64. The van der Waals surface area contributed by atoms with Crippen LogP contribution in [0.1, 0.15) is 39.7 Å². The van der Waals surface area contributed by atoms with E-state index in [2.05, 4.69) is 19.9 Å². The van der Waals surface area contributed by atoms with Crippen molar-refractivity contribution in [2.24, 2.45) is 17.3 Å². The van der Waals surface area contributed by atoms with E-state index in [4.69, 9.17) is 0 Å². The van der Waals surface area contributed by atoms with Gasteiger partial charge in [0, 0.05) is 12.6 Å². The third-order valence-electron chi connectivity index (χ3n) is 5.89. The minimum atomic E-state index is -3.11. The smallest absolute Gasteiger partial charge is 0.227 e. The van der Waals surface area contributed by atoms with E-state index in [0.717, 1.165) is 5.56 Å². The van der Waals surface area contributed by atoms with Crippen LogP contribution in [0.5, 0.6) is 0 Å². The van der Waals surface area contributed by atoms with Crippen LogP contribution in [0.2, 0.25) is 0 Å². The number of carbonyl (C=O) groups excluding carboxylic acids is 1. The molecule has 0 aromatic heterocycles. The summed E-state index contributed by atoms with van der Waals surface area (Å²) in [5.41, 5.74) is 1.86. The Kier molecular flexibility index (Phi) is 5.23. The highest BCUT2D eigenvalue weighted by atomic mass is 32.2. The van der Waals surface area contributed by atoms with Gasteiger partial charge in [-0.05, 0) is 49.3 Å². The fourth-order valence-electron chi connectivity index (χ4n) is 4.19. The molecular formula is C21H28FNO3S. The van der Waals surface area contributed by atoms with Gasteiger partial charge in [0.1, 0.15) is 5.82 Å². The van der Waals surface area contributed by atoms with E-state index in [1.807, 2.05) is 13.8 Å². The van der Waals surface area contributed by atoms with Gasteiger partial charge in [0.05, 0.1) is 17.4 Å². The minimum Gasteiger partial charge on any atom is -0.334 e. The third kappa shape index (κ3) is 4.26. The highest BCUT2D eigenvalue weighted by molar-refractivity contribution is 7.91. The van der Waals surface area contributed by atoms with Crippen LogP contribution in [0.15, 0.2) is 35.9 Å². The molecule has 0 N–H and O–H groups in total. The monoisotopic (exact) mass is 393 g/mol. The first-order valence-electron chi connectivity index (χ1n) is 9.41. The van der Waals surface area contributed by atoms with Crippen LogP contribution in [0, 0.1) is 23.1 Å². The van der Waals surface area contributed by atoms with Gasteiger partial charge in [-0.25, -0.2) is 12.8 Å². The summed E-state index contributed by atoms with van der Waals surface area (Å²) in [6.07, 6.45) is 2.61. The summed E-state index contributed by atoms with van der Waals surface area (Å²) < 4.78 is 37.2. The average Bonchev–Trinajstić information content (AvgIpc) is 2.90. The van der Waals surface area contributed by atoms with E-state index in [-0.39, 0.29) is 46.5 Å². The predicted molar refractivity (Wildman–Crippen MR) is 104 cm³/mol. The SMILES string of the molecule is CC(C)=C[C@H]1[C@@H](C(=O)N(Cc2ccc(F)cc2)[C@@H]2CCS(=O)(=O)C2)C1(C)C. The summed E-state index contributed by atoms with van der Waals surface area (Å²) >= 11 is 0. The topological polar surface area (TPSA) is 54.5 Å². The number of sulfone groups is 1. The van der Waals surface area contributed by atoms with E-state index in [9.17, 15) is 17.6 Å². The molecule has 1 saturated carbocycles. The molecule has 0 bridgehead atoms. The number of hydrogen-bond acceptors (Lipinski definition) is 3. The molecule has 3 atom stereocenters. The molecule has 1 aromatic rings. The number of amides is 1. The lowest BCUT2D eigenvalue weighted by atomic mass is 10.1. The largest absolute Gasteiger partial charge is 0.334 e. The lowest BCUT2D eigenvalue weighted by Crippen LogP contribution is -2.42. The number of nitrogens with zero attached hydrogens (tertiary/aromatic N) is 1. The van der Waals surface area contributed by atoms with Crippen molar-refractivity contribution in [1.29, 1.82) is 0 Å². The summed E-state index contributed by atoms with van der Waals surface area (Å²) in [6, 6.07) is 5.75. The zero-order valence-corrected chi connectivity index (χ0v) is 17.2. The molecule has 0 spiro atoms. The van der Waals surface area contributed by atoms with Crippen LogP contribution < -0.4 is 0 Å². The first-order chi connectivity index (χ1) is 12.5. The first-order valence-corrected chi connectivity index (χ1v) is 11.2. The number of allylic oxidation sites excluding steroid dienone is 2. The van der Waals surface area contributed by atoms with Gasteiger partial charge in [0.2, 0.25) is 5.91 Å². The van der Waals surface area contributed by atoms with Gasteiger partial charge in [-0.3, -0.25) is 4.79 Å². The molecule has 3 rings (SSSR count). The van der Waals surface area contributed by atoms with Crippen molar-refractivity contribution in [2.75, 3.05) is 11.5 Å². The molecule has 1 aromatic carbocycles. The highest BCUT2D eigenvalue weighted by Gasteiger charge is 2.61. The van der Waals surface area contributed by atoms with Crippen molar-refractivity contribution in [3.63, 3.8) is 0 Å². The normalized spacial score (nSPS) is 27.8. The van der Waals surface area contributed by atoms with Crippen LogP contribution in [-0.4, -0.2) is 36.8 Å². The average molecular weight is 394 g/mol. The van der Waals surface area contributed by atoms with E-state index < -0.39 is 9.84 Å². The van der Waals surface area contributed by atoms with Gasteiger partial charge >= 0.3 is 0 Å². The van der Waals surface area contributed by atoms with E-state index in [0.29, 0.717) is 13.0 Å². The Morgan fingerprint density at radius 1 is 1.26 bits per heavy atom. The van der Waals surface area contributed by atoms with Gasteiger partial charge in [-0.1, -0.05) is 37.6 Å². The van der Waals surface area contributed by atoms with Crippen molar-refractivity contribution >= 4 is 15.7 Å². The second-order valence-corrected chi connectivity index (χ2v) is 10.9. The Bertz CT molecular complexity index is 854. The maximum absolute atomic E-state index is 13.4. The second kappa shape index (κ2) is 7.04. The molecular weight excluding hydrogens is 365 g/mol. The quantitative estimate of drug-likeness (QED) is 0.719. The molecule has 6 heteroatoms. The van der Waals surface area contributed by atoms with Crippen LogP contribution in [-0.2, 0) is 21.2 Å². The molecule has 0 unspecified atom stereocenters. The predicted octanol–water partition coefficient (Wildman–Crippen LogP) is 3.58. The Hall–Kier alpha value is -1.69. The maximum atomic E-state index is 13.4. The van der Waals surface area contributed by atoms with Crippen molar-refractivity contribution < 1.29 is 17.6 Å². The number of benzene rings is 1. The summed E-state index contributed by atoms with van der Waals surface area (Å²) in [5.74, 6) is -0.155. The van der Waals surface area contributed by atoms with Crippen molar-refractivity contribution in [3.05, 3.63) is 47.3 Å². The molecule has 4 nitrogen and oxygen atoms in total. The molecule has 2 aliphatic rings. The van der Waals surface area contributed by atoms with Crippen molar-refractivity contribution in [2.45, 2.75) is 46.7 Å². The highest BCUT2D eigenvalue weighted by Crippen LogP contribution is 2.60. The molecule has 1 saturated heterocycles. The molecule has 2 fully saturated rings. The molecule has 1 amide bonds. The van der Waals surface area contributed by atoms with Crippen LogP contribution in [0.4, 0.5) is 4.39 Å². The Morgan fingerprint density at radius 3 is 2.41 bits per heavy atom. The van der Waals surface area contributed by atoms with Crippen LogP contribution >= 0.6 is 0 Å². The van der Waals surface area contributed by atoms with Crippen LogP contribution in [0.25, 0.3) is 0 Å². The maximum Gasteiger partial charge on any atom is 0.227 e. The van der Waals surface area contributed by atoms with Gasteiger partial charge in [0.15, 0.2) is 9.84 Å². The van der Waals surface area contributed by atoms with Gasteiger partial charge in [-0.15, -0.1) is 0 Å². The van der Waals surface area contributed by atoms with E-state index in [1.165, 1.54) is 17.7 Å². The number of halogens is 1.